The molecule has 1 N–H and O–H groups in total. The maximum absolute atomic E-state index is 9.60. The summed E-state index contributed by atoms with van der Waals surface area (Å²) in [5, 5.41) is 7.91. The number of hydrogen-bond acceptors (Lipinski definition) is 3. The van der Waals surface area contributed by atoms with Gasteiger partial charge in [0, 0.05) is 6.42 Å². The Labute approximate surface area is 112 Å². The van der Waals surface area contributed by atoms with Crippen LogP contribution in [0.5, 0.6) is 0 Å². The molecule has 0 spiro atoms. The predicted molar refractivity (Wildman–Crippen MR) is 74.0 cm³/mol. The SMILES string of the molecule is C1COCCO1.CCCC(=O)O.CCCCCC. The summed E-state index contributed by atoms with van der Waals surface area (Å²) < 4.78 is 9.89. The lowest BCUT2D eigenvalue weighted by molar-refractivity contribution is -0.137. The van der Waals surface area contributed by atoms with E-state index >= 15 is 0 Å². The van der Waals surface area contributed by atoms with Crippen molar-refractivity contribution >= 4 is 5.97 Å². The zero-order valence-corrected chi connectivity index (χ0v) is 12.2. The number of aliphatic carboxylic acids is 1. The third-order valence-electron chi connectivity index (χ3n) is 2.16. The van der Waals surface area contributed by atoms with E-state index in [9.17, 15) is 4.79 Å². The highest BCUT2D eigenvalue weighted by Gasteiger charge is 1.94. The van der Waals surface area contributed by atoms with Gasteiger partial charge in [-0.25, -0.2) is 0 Å². The Morgan fingerprint density at radius 3 is 1.39 bits per heavy atom. The Morgan fingerprint density at radius 2 is 1.28 bits per heavy atom. The number of carbonyl (C=O) groups is 1. The molecule has 4 nitrogen and oxygen atoms in total. The van der Waals surface area contributed by atoms with Crippen LogP contribution in [-0.4, -0.2) is 37.5 Å². The van der Waals surface area contributed by atoms with Gasteiger partial charge in [-0.05, 0) is 6.42 Å². The molecule has 0 aromatic rings. The van der Waals surface area contributed by atoms with E-state index in [0.29, 0.717) is 6.42 Å². The predicted octanol–water partition coefficient (Wildman–Crippen LogP) is 3.49. The van der Waals surface area contributed by atoms with Crippen molar-refractivity contribution < 1.29 is 19.4 Å². The molecule has 0 aliphatic carbocycles. The van der Waals surface area contributed by atoms with Crippen molar-refractivity contribution in [2.45, 2.75) is 59.3 Å². The van der Waals surface area contributed by atoms with Gasteiger partial charge in [-0.2, -0.15) is 0 Å². The van der Waals surface area contributed by atoms with Crippen molar-refractivity contribution in [3.63, 3.8) is 0 Å². The Hall–Kier alpha value is -0.610. The van der Waals surface area contributed by atoms with Crippen molar-refractivity contribution in [2.75, 3.05) is 26.4 Å². The first-order chi connectivity index (χ1) is 8.68. The van der Waals surface area contributed by atoms with Crippen molar-refractivity contribution in [3.8, 4) is 0 Å². The van der Waals surface area contributed by atoms with Crippen LogP contribution in [0.2, 0.25) is 0 Å². The highest BCUT2D eigenvalue weighted by atomic mass is 16.6. The van der Waals surface area contributed by atoms with Crippen molar-refractivity contribution in [1.82, 2.24) is 0 Å². The van der Waals surface area contributed by atoms with Crippen LogP contribution in [0, 0.1) is 0 Å². The molecule has 1 heterocycles. The first-order valence-corrected chi connectivity index (χ1v) is 7.06. The highest BCUT2D eigenvalue weighted by Crippen LogP contribution is 1.95. The molecule has 0 saturated carbocycles. The first-order valence-electron chi connectivity index (χ1n) is 7.06. The molecule has 0 aromatic heterocycles. The minimum Gasteiger partial charge on any atom is -0.481 e. The fourth-order valence-electron chi connectivity index (χ4n) is 1.15. The normalized spacial score (nSPS) is 13.7. The molecule has 1 rings (SSSR count). The average Bonchev–Trinajstić information content (AvgIpc) is 2.39. The molecule has 1 aliphatic heterocycles. The topological polar surface area (TPSA) is 55.8 Å². The molecule has 110 valence electrons. The summed E-state index contributed by atoms with van der Waals surface area (Å²) >= 11 is 0. The van der Waals surface area contributed by atoms with Crippen LogP contribution in [0.4, 0.5) is 0 Å². The van der Waals surface area contributed by atoms with Gasteiger partial charge in [0.15, 0.2) is 0 Å². The summed E-state index contributed by atoms with van der Waals surface area (Å²) in [6, 6.07) is 0. The minimum absolute atomic E-state index is 0.292. The van der Waals surface area contributed by atoms with E-state index in [1.165, 1.54) is 25.7 Å². The zero-order chi connectivity index (χ0) is 14.1. The van der Waals surface area contributed by atoms with Gasteiger partial charge in [-0.3, -0.25) is 4.79 Å². The number of ether oxygens (including phenoxy) is 2. The van der Waals surface area contributed by atoms with Gasteiger partial charge >= 0.3 is 5.97 Å². The van der Waals surface area contributed by atoms with Crippen LogP contribution in [-0.2, 0) is 14.3 Å². The van der Waals surface area contributed by atoms with Gasteiger partial charge in [0.25, 0.3) is 0 Å². The Balaban J connectivity index is 0. The first kappa shape index (κ1) is 19.7. The maximum atomic E-state index is 9.60. The van der Waals surface area contributed by atoms with Gasteiger partial charge in [0.05, 0.1) is 26.4 Å². The molecular formula is C14H30O4. The third-order valence-corrected chi connectivity index (χ3v) is 2.16. The molecule has 18 heavy (non-hydrogen) atoms. The van der Waals surface area contributed by atoms with Crippen molar-refractivity contribution in [2.24, 2.45) is 0 Å². The molecule has 0 amide bonds. The fourth-order valence-corrected chi connectivity index (χ4v) is 1.15. The molecular weight excluding hydrogens is 232 g/mol. The zero-order valence-electron chi connectivity index (χ0n) is 12.2. The summed E-state index contributed by atoms with van der Waals surface area (Å²) in [5.41, 5.74) is 0. The Morgan fingerprint density at radius 1 is 0.889 bits per heavy atom. The number of carboxylic acids is 1. The molecule has 1 saturated heterocycles. The van der Waals surface area contributed by atoms with Crippen molar-refractivity contribution in [1.29, 1.82) is 0 Å². The monoisotopic (exact) mass is 262 g/mol. The van der Waals surface area contributed by atoms with Crippen LogP contribution >= 0.6 is 0 Å². The lowest BCUT2D eigenvalue weighted by Gasteiger charge is -2.09. The van der Waals surface area contributed by atoms with E-state index in [0.717, 1.165) is 32.8 Å². The molecule has 0 bridgehead atoms. The van der Waals surface area contributed by atoms with Gasteiger partial charge < -0.3 is 14.6 Å². The van der Waals surface area contributed by atoms with Crippen LogP contribution in [0.3, 0.4) is 0 Å². The number of hydrogen-bond donors (Lipinski definition) is 1. The van der Waals surface area contributed by atoms with Gasteiger partial charge in [-0.1, -0.05) is 46.5 Å². The van der Waals surface area contributed by atoms with Crippen LogP contribution in [0.1, 0.15) is 59.3 Å². The second-order valence-corrected chi connectivity index (χ2v) is 4.08. The van der Waals surface area contributed by atoms with E-state index in [1.54, 1.807) is 0 Å². The fraction of sp³-hybridized carbons (Fsp3) is 0.929. The molecule has 0 radical (unpaired) electrons. The summed E-state index contributed by atoms with van der Waals surface area (Å²) in [6.07, 6.45) is 6.56. The lowest BCUT2D eigenvalue weighted by atomic mass is 10.2. The van der Waals surface area contributed by atoms with E-state index in [4.69, 9.17) is 14.6 Å². The molecule has 4 heteroatoms. The van der Waals surface area contributed by atoms with Crippen LogP contribution in [0.15, 0.2) is 0 Å². The molecule has 1 fully saturated rings. The molecule has 0 unspecified atom stereocenters. The number of unbranched alkanes of at least 4 members (excludes halogenated alkanes) is 3. The maximum Gasteiger partial charge on any atom is 0.303 e. The van der Waals surface area contributed by atoms with Gasteiger partial charge in [-0.15, -0.1) is 0 Å². The molecule has 0 atom stereocenters. The van der Waals surface area contributed by atoms with E-state index in [-0.39, 0.29) is 0 Å². The summed E-state index contributed by atoms with van der Waals surface area (Å²) in [6.45, 7) is 9.42. The quantitative estimate of drug-likeness (QED) is 0.771. The third kappa shape index (κ3) is 24.6. The standard InChI is InChI=1S/C6H14.2C4H8O2/c1-3-5-6-4-2;1-2-6-4-3-5-1;1-2-3-4(5)6/h3-6H2,1-2H3;1-4H2;2-3H2,1H3,(H,5,6). The highest BCUT2D eigenvalue weighted by molar-refractivity contribution is 5.66. The Kier molecular flexibility index (Phi) is 20.5. The van der Waals surface area contributed by atoms with E-state index in [1.807, 2.05) is 6.92 Å². The van der Waals surface area contributed by atoms with E-state index in [2.05, 4.69) is 13.8 Å². The average molecular weight is 262 g/mol. The summed E-state index contributed by atoms with van der Waals surface area (Å²) in [5.74, 6) is -0.711. The largest absolute Gasteiger partial charge is 0.481 e. The second-order valence-electron chi connectivity index (χ2n) is 4.08. The van der Waals surface area contributed by atoms with Gasteiger partial charge in [0.2, 0.25) is 0 Å². The second kappa shape index (κ2) is 18.7. The summed E-state index contributed by atoms with van der Waals surface area (Å²) in [4.78, 5) is 9.60. The molecule has 1 aliphatic rings. The van der Waals surface area contributed by atoms with Gasteiger partial charge in [0.1, 0.15) is 0 Å². The Bertz CT molecular complexity index is 140. The minimum atomic E-state index is -0.711. The van der Waals surface area contributed by atoms with Crippen LogP contribution < -0.4 is 0 Å². The smallest absolute Gasteiger partial charge is 0.303 e. The van der Waals surface area contributed by atoms with Crippen LogP contribution in [0.25, 0.3) is 0 Å². The number of rotatable bonds is 5. The van der Waals surface area contributed by atoms with E-state index < -0.39 is 5.97 Å². The molecule has 0 aromatic carbocycles. The summed E-state index contributed by atoms with van der Waals surface area (Å²) in [7, 11) is 0. The number of carboxylic acid groups (broad SMARTS) is 1. The van der Waals surface area contributed by atoms with Crippen molar-refractivity contribution in [3.05, 3.63) is 0 Å². The lowest BCUT2D eigenvalue weighted by Crippen LogP contribution is -2.16.